The van der Waals surface area contributed by atoms with Gasteiger partial charge in [-0.15, -0.1) is 0 Å². The zero-order valence-corrected chi connectivity index (χ0v) is 13.6. The Hall–Kier alpha value is -2.21. The van der Waals surface area contributed by atoms with Gasteiger partial charge < -0.3 is 5.11 Å². The van der Waals surface area contributed by atoms with Crippen LogP contribution in [0.15, 0.2) is 23.1 Å². The van der Waals surface area contributed by atoms with Crippen molar-refractivity contribution in [3.05, 3.63) is 33.9 Å². The van der Waals surface area contributed by atoms with Gasteiger partial charge in [0.2, 0.25) is 10.0 Å². The molecule has 0 bridgehead atoms. The number of carboxylic acids is 1. The zero-order chi connectivity index (χ0) is 19.2. The number of benzene rings is 1. The van der Waals surface area contributed by atoms with Crippen LogP contribution in [0.3, 0.4) is 0 Å². The maximum Gasteiger partial charge on any atom is 0.417 e. The smallest absolute Gasteiger partial charge is 0.417 e. The molecule has 1 atom stereocenters. The number of sulfonamides is 1. The Morgan fingerprint density at radius 3 is 2.44 bits per heavy atom. The van der Waals surface area contributed by atoms with E-state index in [0.29, 0.717) is 16.4 Å². The fourth-order valence-electron chi connectivity index (χ4n) is 2.52. The van der Waals surface area contributed by atoms with E-state index < -0.39 is 55.2 Å². The van der Waals surface area contributed by atoms with Crippen molar-refractivity contribution in [3.63, 3.8) is 0 Å². The molecular formula is C13H13F3N2O6S. The molecule has 1 saturated heterocycles. The number of hydrogen-bond acceptors (Lipinski definition) is 5. The summed E-state index contributed by atoms with van der Waals surface area (Å²) < 4.78 is 65.3. The second kappa shape index (κ2) is 5.95. The van der Waals surface area contributed by atoms with Crippen LogP contribution >= 0.6 is 0 Å². The van der Waals surface area contributed by atoms with Crippen molar-refractivity contribution < 1.29 is 36.4 Å². The van der Waals surface area contributed by atoms with Crippen molar-refractivity contribution >= 4 is 21.7 Å². The number of carbonyl (C=O) groups is 1. The van der Waals surface area contributed by atoms with Crippen LogP contribution in [-0.2, 0) is 21.0 Å². The van der Waals surface area contributed by atoms with E-state index in [1.807, 2.05) is 0 Å². The van der Waals surface area contributed by atoms with E-state index in [4.69, 9.17) is 5.11 Å². The van der Waals surface area contributed by atoms with Crippen LogP contribution in [0, 0.1) is 15.5 Å². The number of nitro groups is 1. The average molecular weight is 382 g/mol. The van der Waals surface area contributed by atoms with Crippen LogP contribution in [-0.4, -0.2) is 41.8 Å². The first kappa shape index (κ1) is 19.1. The molecule has 1 aromatic carbocycles. The Morgan fingerprint density at radius 2 is 2.00 bits per heavy atom. The van der Waals surface area contributed by atoms with E-state index in [1.165, 1.54) is 6.92 Å². The van der Waals surface area contributed by atoms with Crippen molar-refractivity contribution in [3.8, 4) is 0 Å². The molecule has 12 heteroatoms. The lowest BCUT2D eigenvalue weighted by atomic mass is 9.90. The summed E-state index contributed by atoms with van der Waals surface area (Å²) in [6, 6.07) is 1.33. The predicted octanol–water partition coefficient (Wildman–Crippen LogP) is 2.10. The van der Waals surface area contributed by atoms with Gasteiger partial charge in [-0.05, 0) is 19.4 Å². The average Bonchev–Trinajstić information content (AvgIpc) is 2.90. The highest BCUT2D eigenvalue weighted by Gasteiger charge is 2.47. The van der Waals surface area contributed by atoms with E-state index in [2.05, 4.69) is 0 Å². The van der Waals surface area contributed by atoms with Crippen molar-refractivity contribution in [2.75, 3.05) is 13.1 Å². The van der Waals surface area contributed by atoms with Gasteiger partial charge in [-0.1, -0.05) is 0 Å². The predicted molar refractivity (Wildman–Crippen MR) is 77.2 cm³/mol. The maximum absolute atomic E-state index is 13.2. The molecule has 1 unspecified atom stereocenters. The minimum atomic E-state index is -5.13. The van der Waals surface area contributed by atoms with E-state index in [1.54, 1.807) is 0 Å². The molecule has 25 heavy (non-hydrogen) atoms. The summed E-state index contributed by atoms with van der Waals surface area (Å²) in [5.41, 5.74) is -3.97. The highest BCUT2D eigenvalue weighted by molar-refractivity contribution is 7.89. The highest BCUT2D eigenvalue weighted by atomic mass is 32.2. The van der Waals surface area contributed by atoms with Crippen LogP contribution in [0.1, 0.15) is 18.9 Å². The summed E-state index contributed by atoms with van der Waals surface area (Å²) in [6.07, 6.45) is -5.19. The Labute approximate surface area is 140 Å². The molecule has 8 nitrogen and oxygen atoms in total. The third-order valence-electron chi connectivity index (χ3n) is 4.05. The first-order valence-corrected chi connectivity index (χ1v) is 8.32. The molecule has 1 fully saturated rings. The van der Waals surface area contributed by atoms with Gasteiger partial charge in [-0.3, -0.25) is 14.9 Å². The molecule has 0 aromatic heterocycles. The number of non-ortho nitro benzene ring substituents is 1. The number of halogens is 3. The molecule has 1 aliphatic heterocycles. The van der Waals surface area contributed by atoms with Gasteiger partial charge in [0.15, 0.2) is 0 Å². The molecule has 1 heterocycles. The fourth-order valence-corrected chi connectivity index (χ4v) is 4.27. The van der Waals surface area contributed by atoms with E-state index >= 15 is 0 Å². The number of rotatable bonds is 4. The van der Waals surface area contributed by atoms with Gasteiger partial charge in [0, 0.05) is 25.2 Å². The first-order chi connectivity index (χ1) is 11.3. The van der Waals surface area contributed by atoms with Crippen molar-refractivity contribution in [1.29, 1.82) is 0 Å². The first-order valence-electron chi connectivity index (χ1n) is 6.88. The van der Waals surface area contributed by atoms with Crippen LogP contribution < -0.4 is 0 Å². The summed E-state index contributed by atoms with van der Waals surface area (Å²) in [7, 11) is -4.67. The van der Waals surface area contributed by atoms with Gasteiger partial charge >= 0.3 is 12.1 Å². The lowest BCUT2D eigenvalue weighted by molar-refractivity contribution is -0.385. The summed E-state index contributed by atoms with van der Waals surface area (Å²) >= 11 is 0. The standard InChI is InChI=1S/C13H13F3N2O6S/c1-12(11(19)20)4-5-17(7-12)25(23,24)10-3-2-8(18(21)22)6-9(10)13(14,15)16/h2-3,6H,4-5,7H2,1H3,(H,19,20). The number of nitro benzene ring substituents is 1. The summed E-state index contributed by atoms with van der Waals surface area (Å²) in [5, 5.41) is 19.8. The van der Waals surface area contributed by atoms with E-state index in [9.17, 15) is 36.5 Å². The number of nitrogens with zero attached hydrogens (tertiary/aromatic N) is 2. The van der Waals surface area contributed by atoms with Gasteiger partial charge in [0.25, 0.3) is 5.69 Å². The molecular weight excluding hydrogens is 369 g/mol. The second-order valence-corrected chi connectivity index (χ2v) is 7.80. The highest BCUT2D eigenvalue weighted by Crippen LogP contribution is 2.40. The molecule has 0 aliphatic carbocycles. The molecule has 138 valence electrons. The second-order valence-electron chi connectivity index (χ2n) is 5.89. The summed E-state index contributed by atoms with van der Waals surface area (Å²) in [4.78, 5) is 19.7. The van der Waals surface area contributed by atoms with Crippen LogP contribution in [0.5, 0.6) is 0 Å². The van der Waals surface area contributed by atoms with E-state index in [0.717, 1.165) is 0 Å². The van der Waals surface area contributed by atoms with E-state index in [-0.39, 0.29) is 19.0 Å². The molecule has 1 aromatic rings. The third kappa shape index (κ3) is 3.44. The molecule has 0 saturated carbocycles. The normalized spacial score (nSPS) is 22.1. The quantitative estimate of drug-likeness (QED) is 0.629. The lowest BCUT2D eigenvalue weighted by Gasteiger charge is -2.21. The Kier molecular flexibility index (Phi) is 4.55. The summed E-state index contributed by atoms with van der Waals surface area (Å²) in [6.45, 7) is 0.545. The number of carboxylic acid groups (broad SMARTS) is 1. The van der Waals surface area contributed by atoms with Gasteiger partial charge in [0.05, 0.1) is 20.8 Å². The summed E-state index contributed by atoms with van der Waals surface area (Å²) in [5.74, 6) is -1.26. The number of alkyl halides is 3. The van der Waals surface area contributed by atoms with Gasteiger partial charge in [-0.25, -0.2) is 8.42 Å². The topological polar surface area (TPSA) is 118 Å². The van der Waals surface area contributed by atoms with Crippen LogP contribution in [0.2, 0.25) is 0 Å². The Morgan fingerprint density at radius 1 is 1.40 bits per heavy atom. The van der Waals surface area contributed by atoms with Crippen molar-refractivity contribution in [2.45, 2.75) is 24.4 Å². The third-order valence-corrected chi connectivity index (χ3v) is 5.96. The van der Waals surface area contributed by atoms with Crippen LogP contribution in [0.25, 0.3) is 0 Å². The molecule has 1 N–H and O–H groups in total. The Balaban J connectivity index is 2.54. The fraction of sp³-hybridized carbons (Fsp3) is 0.462. The largest absolute Gasteiger partial charge is 0.481 e. The number of aliphatic carboxylic acids is 1. The molecule has 0 amide bonds. The van der Waals surface area contributed by atoms with Gasteiger partial charge in [-0.2, -0.15) is 17.5 Å². The molecule has 1 aliphatic rings. The minimum Gasteiger partial charge on any atom is -0.481 e. The molecule has 2 rings (SSSR count). The molecule has 0 spiro atoms. The zero-order valence-electron chi connectivity index (χ0n) is 12.8. The number of hydrogen-bond donors (Lipinski definition) is 1. The minimum absolute atomic E-state index is 0.0596. The van der Waals surface area contributed by atoms with Crippen molar-refractivity contribution in [1.82, 2.24) is 4.31 Å². The molecule has 0 radical (unpaired) electrons. The maximum atomic E-state index is 13.2. The lowest BCUT2D eigenvalue weighted by Crippen LogP contribution is -2.35. The Bertz CT molecular complexity index is 839. The monoisotopic (exact) mass is 382 g/mol. The SMILES string of the molecule is CC1(C(=O)O)CCN(S(=O)(=O)c2ccc([N+](=O)[O-])cc2C(F)(F)F)C1. The van der Waals surface area contributed by atoms with Crippen LogP contribution in [0.4, 0.5) is 18.9 Å². The van der Waals surface area contributed by atoms with Gasteiger partial charge in [0.1, 0.15) is 0 Å². The van der Waals surface area contributed by atoms with Crippen molar-refractivity contribution in [2.24, 2.45) is 5.41 Å².